The monoisotopic (exact) mass is 422 g/mol. The van der Waals surface area contributed by atoms with Gasteiger partial charge < -0.3 is 10.6 Å². The van der Waals surface area contributed by atoms with E-state index < -0.39 is 0 Å². The highest BCUT2D eigenvalue weighted by Gasteiger charge is 2.05. The summed E-state index contributed by atoms with van der Waals surface area (Å²) in [5, 5.41) is 16.3. The van der Waals surface area contributed by atoms with Crippen LogP contribution in [0.1, 0.15) is 11.1 Å². The molecule has 2 aromatic heterocycles. The van der Waals surface area contributed by atoms with Crippen LogP contribution in [0.25, 0.3) is 0 Å². The van der Waals surface area contributed by atoms with Crippen molar-refractivity contribution in [2.24, 2.45) is 0 Å². The third kappa shape index (κ3) is 5.43. The molecule has 0 atom stereocenters. The van der Waals surface area contributed by atoms with Gasteiger partial charge in [0.1, 0.15) is 0 Å². The Morgan fingerprint density at radius 3 is 1.83 bits per heavy atom. The van der Waals surface area contributed by atoms with Crippen molar-refractivity contribution in [3.05, 3.63) is 95.3 Å². The fourth-order valence-corrected chi connectivity index (χ4v) is 3.18. The first-order valence-electron chi connectivity index (χ1n) is 9.07. The quantitative estimate of drug-likeness (QED) is 0.443. The molecule has 2 N–H and O–H groups in total. The first-order chi connectivity index (χ1) is 14.1. The summed E-state index contributed by atoms with van der Waals surface area (Å²) in [5.41, 5.74) is 2.31. The summed E-state index contributed by atoms with van der Waals surface area (Å²) in [6.45, 7) is 1.36. The van der Waals surface area contributed by atoms with Crippen LogP contribution in [-0.4, -0.2) is 24.7 Å². The molecule has 0 fully saturated rings. The Morgan fingerprint density at radius 2 is 1.28 bits per heavy atom. The molecule has 146 valence electrons. The Bertz CT molecular complexity index is 1090. The minimum Gasteiger partial charge on any atom is -0.316 e. The van der Waals surface area contributed by atoms with E-state index in [1.54, 1.807) is 0 Å². The smallest absolute Gasteiger partial charge is 0.177 e. The van der Waals surface area contributed by atoms with Crippen molar-refractivity contribution in [3.8, 4) is 0 Å². The van der Waals surface area contributed by atoms with Gasteiger partial charge in [-0.25, -0.2) is 0 Å². The molecule has 2 aromatic carbocycles. The second-order valence-corrected chi connectivity index (χ2v) is 7.33. The molecule has 0 spiro atoms. The van der Waals surface area contributed by atoms with Gasteiger partial charge in [-0.1, -0.05) is 54.1 Å². The predicted molar refractivity (Wildman–Crippen MR) is 120 cm³/mol. The molecule has 0 amide bonds. The molecular formula is C21H19ClN6S. The van der Waals surface area contributed by atoms with Crippen molar-refractivity contribution < 1.29 is 0 Å². The molecule has 0 bridgehead atoms. The Kier molecular flexibility index (Phi) is 5.88. The first-order valence-corrected chi connectivity index (χ1v) is 9.86. The van der Waals surface area contributed by atoms with Gasteiger partial charge in [0.2, 0.25) is 0 Å². The van der Waals surface area contributed by atoms with Crippen LogP contribution in [0.15, 0.2) is 79.1 Å². The lowest BCUT2D eigenvalue weighted by molar-refractivity contribution is 0.689. The van der Waals surface area contributed by atoms with E-state index in [0.29, 0.717) is 29.8 Å². The number of benzene rings is 2. The zero-order valence-corrected chi connectivity index (χ0v) is 17.1. The summed E-state index contributed by atoms with van der Waals surface area (Å²) >= 11 is 11.3. The van der Waals surface area contributed by atoms with Gasteiger partial charge in [0.15, 0.2) is 16.7 Å². The van der Waals surface area contributed by atoms with Gasteiger partial charge in [-0.2, -0.15) is 10.2 Å². The molecule has 0 radical (unpaired) electrons. The number of rotatable bonds is 6. The minimum absolute atomic E-state index is 0.437. The van der Waals surface area contributed by atoms with Crippen LogP contribution in [0.3, 0.4) is 0 Å². The van der Waals surface area contributed by atoms with Crippen molar-refractivity contribution in [1.82, 2.24) is 19.6 Å². The summed E-state index contributed by atoms with van der Waals surface area (Å²) < 4.78 is 3.70. The second kappa shape index (κ2) is 8.89. The van der Waals surface area contributed by atoms with E-state index in [-0.39, 0.29) is 0 Å². The predicted octanol–water partition coefficient (Wildman–Crippen LogP) is 4.64. The van der Waals surface area contributed by atoms with Crippen LogP contribution in [0, 0.1) is 0 Å². The molecule has 0 saturated heterocycles. The summed E-state index contributed by atoms with van der Waals surface area (Å²) in [5.74, 6) is 1.35. The van der Waals surface area contributed by atoms with Crippen molar-refractivity contribution in [2.45, 2.75) is 13.1 Å². The average molecular weight is 423 g/mol. The topological polar surface area (TPSA) is 59.7 Å². The van der Waals surface area contributed by atoms with Crippen LogP contribution in [0.4, 0.5) is 11.6 Å². The van der Waals surface area contributed by atoms with Gasteiger partial charge >= 0.3 is 0 Å². The molecule has 4 rings (SSSR count). The fraction of sp³-hybridized carbons (Fsp3) is 0.0952. The lowest BCUT2D eigenvalue weighted by Crippen LogP contribution is -2.20. The molecule has 0 saturated carbocycles. The lowest BCUT2D eigenvalue weighted by Gasteiger charge is -2.06. The summed E-state index contributed by atoms with van der Waals surface area (Å²) in [4.78, 5) is 0. The van der Waals surface area contributed by atoms with Gasteiger partial charge in [0.25, 0.3) is 0 Å². The molecule has 8 heteroatoms. The highest BCUT2D eigenvalue weighted by molar-refractivity contribution is 7.80. The van der Waals surface area contributed by atoms with E-state index in [1.165, 1.54) is 5.56 Å². The summed E-state index contributed by atoms with van der Waals surface area (Å²) in [7, 11) is 0. The van der Waals surface area contributed by atoms with Crippen LogP contribution >= 0.6 is 23.8 Å². The van der Waals surface area contributed by atoms with Gasteiger partial charge in [0.05, 0.1) is 13.1 Å². The van der Waals surface area contributed by atoms with Gasteiger partial charge in [-0.3, -0.25) is 9.36 Å². The summed E-state index contributed by atoms with van der Waals surface area (Å²) in [6, 6.07) is 21.6. The van der Waals surface area contributed by atoms with E-state index in [1.807, 2.05) is 76.4 Å². The van der Waals surface area contributed by atoms with Crippen LogP contribution < -0.4 is 10.6 Å². The average Bonchev–Trinajstić information content (AvgIpc) is 3.34. The van der Waals surface area contributed by atoms with E-state index >= 15 is 0 Å². The maximum Gasteiger partial charge on any atom is 0.177 e. The highest BCUT2D eigenvalue weighted by atomic mass is 35.5. The van der Waals surface area contributed by atoms with E-state index in [2.05, 4.69) is 33.0 Å². The molecule has 0 aliphatic rings. The van der Waals surface area contributed by atoms with Gasteiger partial charge in [-0.15, -0.1) is 0 Å². The molecular weight excluding hydrogens is 404 g/mol. The lowest BCUT2D eigenvalue weighted by atomic mass is 10.2. The van der Waals surface area contributed by atoms with Crippen LogP contribution in [0.5, 0.6) is 0 Å². The number of aromatic nitrogens is 4. The van der Waals surface area contributed by atoms with E-state index in [9.17, 15) is 0 Å². The molecule has 0 unspecified atom stereocenters. The Hall–Kier alpha value is -3.16. The van der Waals surface area contributed by atoms with Crippen molar-refractivity contribution >= 4 is 40.6 Å². The van der Waals surface area contributed by atoms with Crippen molar-refractivity contribution in [2.75, 3.05) is 10.6 Å². The molecule has 2 heterocycles. The van der Waals surface area contributed by atoms with E-state index in [0.717, 1.165) is 10.6 Å². The highest BCUT2D eigenvalue weighted by Crippen LogP contribution is 2.12. The number of hydrogen-bond donors (Lipinski definition) is 2. The molecule has 0 aliphatic carbocycles. The largest absolute Gasteiger partial charge is 0.316 e. The fourth-order valence-electron chi connectivity index (χ4n) is 2.84. The number of nitrogens with one attached hydrogen (secondary N) is 2. The molecule has 29 heavy (non-hydrogen) atoms. The number of anilines is 2. The third-order valence-electron chi connectivity index (χ3n) is 4.21. The number of halogens is 1. The van der Waals surface area contributed by atoms with Gasteiger partial charge in [0, 0.05) is 29.5 Å². The van der Waals surface area contributed by atoms with E-state index in [4.69, 9.17) is 23.8 Å². The number of nitrogens with zero attached hydrogens (tertiary/aromatic N) is 4. The Morgan fingerprint density at radius 1 is 0.759 bits per heavy atom. The summed E-state index contributed by atoms with van der Waals surface area (Å²) in [6.07, 6.45) is 3.81. The molecule has 0 aliphatic heterocycles. The van der Waals surface area contributed by atoms with Crippen LogP contribution in [-0.2, 0) is 13.1 Å². The Labute approximate surface area is 179 Å². The maximum atomic E-state index is 5.92. The normalized spacial score (nSPS) is 10.7. The maximum absolute atomic E-state index is 5.92. The zero-order valence-electron chi connectivity index (χ0n) is 15.5. The zero-order chi connectivity index (χ0) is 20.1. The number of thiocarbonyl (C=S) groups is 1. The number of hydrogen-bond acceptors (Lipinski definition) is 3. The van der Waals surface area contributed by atoms with Gasteiger partial charge in [-0.05, 0) is 35.5 Å². The molecule has 6 nitrogen and oxygen atoms in total. The molecule has 4 aromatic rings. The van der Waals surface area contributed by atoms with Crippen molar-refractivity contribution in [1.29, 1.82) is 0 Å². The standard InChI is InChI=1S/C21H19ClN6S/c22-18-8-6-17(7-9-18)15-28-13-11-20(26-28)24-21(29)23-19-10-12-27(25-19)14-16-4-2-1-3-5-16/h1-13H,14-15H2,(H2,23,24,25,26,29). The minimum atomic E-state index is 0.437. The Balaban J connectivity index is 1.31. The third-order valence-corrected chi connectivity index (χ3v) is 4.67. The van der Waals surface area contributed by atoms with Crippen LogP contribution in [0.2, 0.25) is 5.02 Å². The SMILES string of the molecule is S=C(Nc1ccn(Cc2ccccc2)n1)Nc1ccn(Cc2ccc(Cl)cc2)n1. The second-order valence-electron chi connectivity index (χ2n) is 6.49. The van der Waals surface area contributed by atoms with Crippen molar-refractivity contribution in [3.63, 3.8) is 0 Å². The first kappa shape index (κ1) is 19.2.